The molecule has 1 aliphatic carbocycles. The van der Waals surface area contributed by atoms with Crippen molar-refractivity contribution in [2.45, 2.75) is 59.4 Å². The number of hydrogen-bond acceptors (Lipinski definition) is 1. The summed E-state index contributed by atoms with van der Waals surface area (Å²) in [5.74, 6) is 1.92. The molecular weight excluding hydrogens is 182 g/mol. The Labute approximate surface area is 95.2 Å². The lowest BCUT2D eigenvalue weighted by Crippen LogP contribution is -2.59. The highest BCUT2D eigenvalue weighted by molar-refractivity contribution is 4.98. The molecular formula is C14H27N. The molecule has 0 radical (unpaired) electrons. The quantitative estimate of drug-likeness (QED) is 0.672. The van der Waals surface area contributed by atoms with Crippen LogP contribution in [0, 0.1) is 17.3 Å². The first kappa shape index (κ1) is 11.4. The summed E-state index contributed by atoms with van der Waals surface area (Å²) in [4.78, 5) is 2.63. The van der Waals surface area contributed by atoms with E-state index in [0.29, 0.717) is 0 Å². The van der Waals surface area contributed by atoms with Crippen LogP contribution >= 0.6 is 0 Å². The van der Waals surface area contributed by atoms with Crippen molar-refractivity contribution < 1.29 is 0 Å². The molecule has 2 aliphatic rings. The van der Waals surface area contributed by atoms with Gasteiger partial charge in [-0.15, -0.1) is 0 Å². The second kappa shape index (κ2) is 4.08. The molecule has 0 amide bonds. The Kier molecular flexibility index (Phi) is 3.12. The van der Waals surface area contributed by atoms with Crippen molar-refractivity contribution >= 4 is 0 Å². The van der Waals surface area contributed by atoms with Crippen LogP contribution in [0.15, 0.2) is 0 Å². The van der Waals surface area contributed by atoms with Gasteiger partial charge in [0.1, 0.15) is 0 Å². The zero-order valence-electron chi connectivity index (χ0n) is 10.9. The van der Waals surface area contributed by atoms with Crippen LogP contribution in [0.25, 0.3) is 0 Å². The van der Waals surface area contributed by atoms with Gasteiger partial charge in [0.2, 0.25) is 0 Å². The summed E-state index contributed by atoms with van der Waals surface area (Å²) in [6.45, 7) is 12.2. The van der Waals surface area contributed by atoms with Crippen LogP contribution in [-0.4, -0.2) is 24.0 Å². The third-order valence-electron chi connectivity index (χ3n) is 4.84. The fourth-order valence-corrected chi connectivity index (χ4v) is 3.42. The van der Waals surface area contributed by atoms with Gasteiger partial charge in [0.25, 0.3) is 0 Å². The average molecular weight is 209 g/mol. The van der Waals surface area contributed by atoms with Crippen molar-refractivity contribution in [2.75, 3.05) is 13.1 Å². The Bertz CT molecular complexity index is 203. The number of nitrogens with zero attached hydrogens (tertiary/aromatic N) is 1. The molecule has 88 valence electrons. The molecule has 1 heteroatoms. The second-order valence-corrected chi connectivity index (χ2v) is 6.58. The molecule has 1 saturated carbocycles. The normalized spacial score (nSPS) is 27.6. The van der Waals surface area contributed by atoms with Gasteiger partial charge in [0, 0.05) is 19.1 Å². The van der Waals surface area contributed by atoms with E-state index in [1.807, 2.05) is 0 Å². The first-order valence-electron chi connectivity index (χ1n) is 6.76. The van der Waals surface area contributed by atoms with E-state index in [9.17, 15) is 0 Å². The number of likely N-dealkylation sites (tertiary alicyclic amines) is 1. The summed E-state index contributed by atoms with van der Waals surface area (Å²) in [6.07, 6.45) is 5.98. The third-order valence-corrected chi connectivity index (χ3v) is 4.84. The van der Waals surface area contributed by atoms with Gasteiger partial charge < -0.3 is 0 Å². The molecule has 1 nitrogen and oxygen atoms in total. The van der Waals surface area contributed by atoms with Gasteiger partial charge in [0.05, 0.1) is 0 Å². The van der Waals surface area contributed by atoms with Crippen molar-refractivity contribution in [3.8, 4) is 0 Å². The van der Waals surface area contributed by atoms with Crippen molar-refractivity contribution in [3.63, 3.8) is 0 Å². The maximum absolute atomic E-state index is 2.63. The molecule has 0 aromatic rings. The van der Waals surface area contributed by atoms with Crippen LogP contribution < -0.4 is 0 Å². The van der Waals surface area contributed by atoms with Gasteiger partial charge in [0.15, 0.2) is 0 Å². The predicted octanol–water partition coefficient (Wildman–Crippen LogP) is 3.54. The van der Waals surface area contributed by atoms with Crippen LogP contribution in [-0.2, 0) is 0 Å². The van der Waals surface area contributed by atoms with Gasteiger partial charge in [-0.25, -0.2) is 0 Å². The van der Waals surface area contributed by atoms with Crippen LogP contribution in [0.1, 0.15) is 53.4 Å². The first-order chi connectivity index (χ1) is 7.02. The minimum absolute atomic E-state index is 0.746. The molecule has 0 unspecified atom stereocenters. The van der Waals surface area contributed by atoms with E-state index in [2.05, 4.69) is 32.6 Å². The lowest BCUT2D eigenvalue weighted by molar-refractivity contribution is -0.0587. The lowest BCUT2D eigenvalue weighted by atomic mass is 9.64. The fraction of sp³-hybridized carbons (Fsp3) is 1.00. The maximum atomic E-state index is 2.63. The zero-order valence-corrected chi connectivity index (χ0v) is 10.9. The Morgan fingerprint density at radius 3 is 1.93 bits per heavy atom. The molecule has 1 saturated heterocycles. The summed E-state index contributed by atoms with van der Waals surface area (Å²) < 4.78 is 0. The lowest BCUT2D eigenvalue weighted by Gasteiger charge is -2.55. The van der Waals surface area contributed by atoms with Crippen molar-refractivity contribution in [3.05, 3.63) is 0 Å². The molecule has 2 fully saturated rings. The molecule has 0 N–H and O–H groups in total. The van der Waals surface area contributed by atoms with Crippen molar-refractivity contribution in [1.82, 2.24) is 4.90 Å². The predicted molar refractivity (Wildman–Crippen MR) is 65.9 cm³/mol. The molecule has 2 rings (SSSR count). The molecule has 0 bridgehead atoms. The zero-order chi connectivity index (χ0) is 11.1. The van der Waals surface area contributed by atoms with Crippen molar-refractivity contribution in [2.24, 2.45) is 17.3 Å². The van der Waals surface area contributed by atoms with Gasteiger partial charge in [-0.05, 0) is 56.8 Å². The van der Waals surface area contributed by atoms with E-state index >= 15 is 0 Å². The Morgan fingerprint density at radius 2 is 1.53 bits per heavy atom. The van der Waals surface area contributed by atoms with Gasteiger partial charge in [-0.1, -0.05) is 13.8 Å². The number of hydrogen-bond donors (Lipinski definition) is 0. The minimum Gasteiger partial charge on any atom is -0.300 e. The van der Waals surface area contributed by atoms with E-state index in [1.54, 1.807) is 0 Å². The molecule has 15 heavy (non-hydrogen) atoms. The van der Waals surface area contributed by atoms with Gasteiger partial charge in [-0.2, -0.15) is 0 Å². The van der Waals surface area contributed by atoms with E-state index in [1.165, 1.54) is 38.8 Å². The van der Waals surface area contributed by atoms with E-state index in [-0.39, 0.29) is 0 Å². The Morgan fingerprint density at radius 1 is 1.00 bits per heavy atom. The highest BCUT2D eigenvalue weighted by Crippen LogP contribution is 2.47. The highest BCUT2D eigenvalue weighted by Gasteiger charge is 2.45. The van der Waals surface area contributed by atoms with Gasteiger partial charge >= 0.3 is 0 Å². The summed E-state index contributed by atoms with van der Waals surface area (Å²) >= 11 is 0. The van der Waals surface area contributed by atoms with Crippen LogP contribution in [0.3, 0.4) is 0 Å². The van der Waals surface area contributed by atoms with E-state index < -0.39 is 0 Å². The van der Waals surface area contributed by atoms with Crippen molar-refractivity contribution in [1.29, 1.82) is 0 Å². The van der Waals surface area contributed by atoms with Crippen LogP contribution in [0.2, 0.25) is 0 Å². The SMILES string of the molecule is CC(C)C1CCC2(CC1)CN(C(C)C)C2. The van der Waals surface area contributed by atoms with E-state index in [4.69, 9.17) is 0 Å². The monoisotopic (exact) mass is 209 g/mol. The largest absolute Gasteiger partial charge is 0.300 e. The highest BCUT2D eigenvalue weighted by atomic mass is 15.2. The molecule has 0 atom stereocenters. The van der Waals surface area contributed by atoms with Crippen LogP contribution in [0.4, 0.5) is 0 Å². The minimum atomic E-state index is 0.746. The average Bonchev–Trinajstić information content (AvgIpc) is 2.13. The molecule has 1 spiro atoms. The smallest absolute Gasteiger partial charge is 0.00532 e. The molecule has 0 aromatic carbocycles. The summed E-state index contributed by atoms with van der Waals surface area (Å²) in [6, 6.07) is 0.762. The molecule has 1 heterocycles. The fourth-order valence-electron chi connectivity index (χ4n) is 3.42. The van der Waals surface area contributed by atoms with Gasteiger partial charge in [-0.3, -0.25) is 4.90 Å². The van der Waals surface area contributed by atoms with E-state index in [0.717, 1.165) is 23.3 Å². The van der Waals surface area contributed by atoms with Crippen LogP contribution in [0.5, 0.6) is 0 Å². The topological polar surface area (TPSA) is 3.24 Å². The summed E-state index contributed by atoms with van der Waals surface area (Å²) in [7, 11) is 0. The molecule has 1 aliphatic heterocycles. The summed E-state index contributed by atoms with van der Waals surface area (Å²) in [5.41, 5.74) is 0.746. The Hall–Kier alpha value is -0.0400. The second-order valence-electron chi connectivity index (χ2n) is 6.58. The molecule has 0 aromatic heterocycles. The third kappa shape index (κ3) is 2.22. The number of rotatable bonds is 2. The summed E-state index contributed by atoms with van der Waals surface area (Å²) in [5, 5.41) is 0. The first-order valence-corrected chi connectivity index (χ1v) is 6.76. The maximum Gasteiger partial charge on any atom is 0.00532 e. The Balaban J connectivity index is 1.80. The standard InChI is InChI=1S/C14H27N/c1-11(2)13-5-7-14(8-6-13)9-15(10-14)12(3)4/h11-13H,5-10H2,1-4H3.